The minimum atomic E-state index is -0.109. The molecule has 0 aliphatic heterocycles. The number of aryl methyl sites for hydroxylation is 1. The summed E-state index contributed by atoms with van der Waals surface area (Å²) in [5.41, 5.74) is 3.56. The number of carbonyl (C=O) groups is 1. The lowest BCUT2D eigenvalue weighted by Crippen LogP contribution is -2.07. The van der Waals surface area contributed by atoms with E-state index >= 15 is 0 Å². The maximum atomic E-state index is 11.8. The summed E-state index contributed by atoms with van der Waals surface area (Å²) in [6.45, 7) is 5.65. The monoisotopic (exact) mass is 222 g/mol. The van der Waals surface area contributed by atoms with Gasteiger partial charge in [-0.25, -0.2) is 0 Å². The highest BCUT2D eigenvalue weighted by atomic mass is 16.5. The molecule has 1 aromatic rings. The first kappa shape index (κ1) is 12.7. The van der Waals surface area contributed by atoms with Gasteiger partial charge in [-0.2, -0.15) is 0 Å². The molecular weight excluding hydrogens is 204 g/mol. The molecule has 3 nitrogen and oxygen atoms in total. The number of benzene rings is 1. The van der Waals surface area contributed by atoms with E-state index in [-0.39, 0.29) is 18.8 Å². The Morgan fingerprint density at radius 2 is 1.94 bits per heavy atom. The fourth-order valence-corrected chi connectivity index (χ4v) is 1.90. The van der Waals surface area contributed by atoms with Crippen molar-refractivity contribution in [1.82, 2.24) is 0 Å². The number of hydrogen-bond donors (Lipinski definition) is 1. The molecule has 0 saturated carbocycles. The number of ketones is 1. The molecule has 0 bridgehead atoms. The molecule has 1 N–H and O–H groups in total. The van der Waals surface area contributed by atoms with E-state index in [1.54, 1.807) is 7.11 Å². The Morgan fingerprint density at radius 1 is 1.31 bits per heavy atom. The highest BCUT2D eigenvalue weighted by Crippen LogP contribution is 2.29. The smallest absolute Gasteiger partial charge is 0.165 e. The van der Waals surface area contributed by atoms with Gasteiger partial charge in [-0.1, -0.05) is 0 Å². The number of hydrogen-bond acceptors (Lipinski definition) is 3. The predicted octanol–water partition coefficient (Wildman–Crippen LogP) is 2.19. The van der Waals surface area contributed by atoms with E-state index in [0.29, 0.717) is 5.56 Å². The molecular formula is C13H18O3. The van der Waals surface area contributed by atoms with Crippen LogP contribution in [0.25, 0.3) is 0 Å². The number of ether oxygens (including phenoxy) is 1. The Labute approximate surface area is 96.1 Å². The van der Waals surface area contributed by atoms with Crippen molar-refractivity contribution in [3.05, 3.63) is 28.3 Å². The Hall–Kier alpha value is -1.35. The minimum Gasteiger partial charge on any atom is -0.496 e. The van der Waals surface area contributed by atoms with Gasteiger partial charge in [0.05, 0.1) is 13.7 Å². The third kappa shape index (κ3) is 2.25. The van der Waals surface area contributed by atoms with E-state index < -0.39 is 0 Å². The van der Waals surface area contributed by atoms with Crippen LogP contribution in [0.1, 0.15) is 33.5 Å². The summed E-state index contributed by atoms with van der Waals surface area (Å²) in [4.78, 5) is 11.8. The SMILES string of the molecule is COc1c(C)cc(C(=O)CCO)c(C)c1C. The molecule has 0 spiro atoms. The maximum absolute atomic E-state index is 11.8. The van der Waals surface area contributed by atoms with Crippen LogP contribution in [0.2, 0.25) is 0 Å². The van der Waals surface area contributed by atoms with E-state index in [1.807, 2.05) is 26.8 Å². The van der Waals surface area contributed by atoms with Crippen LogP contribution in [-0.2, 0) is 0 Å². The molecule has 0 heterocycles. The Balaban J connectivity index is 3.28. The predicted molar refractivity (Wildman–Crippen MR) is 63.2 cm³/mol. The first-order chi connectivity index (χ1) is 7.52. The van der Waals surface area contributed by atoms with Gasteiger partial charge >= 0.3 is 0 Å². The van der Waals surface area contributed by atoms with Gasteiger partial charge in [-0.05, 0) is 43.5 Å². The summed E-state index contributed by atoms with van der Waals surface area (Å²) < 4.78 is 5.29. The quantitative estimate of drug-likeness (QED) is 0.794. The zero-order valence-electron chi connectivity index (χ0n) is 10.3. The lowest BCUT2D eigenvalue weighted by Gasteiger charge is -2.14. The molecule has 0 saturated heterocycles. The molecule has 1 rings (SSSR count). The van der Waals surface area contributed by atoms with E-state index in [9.17, 15) is 4.79 Å². The molecule has 1 aromatic carbocycles. The average Bonchev–Trinajstić information content (AvgIpc) is 2.24. The van der Waals surface area contributed by atoms with E-state index in [1.165, 1.54) is 0 Å². The van der Waals surface area contributed by atoms with Gasteiger partial charge in [-0.3, -0.25) is 4.79 Å². The van der Waals surface area contributed by atoms with E-state index in [0.717, 1.165) is 22.4 Å². The number of carbonyl (C=O) groups excluding carboxylic acids is 1. The zero-order chi connectivity index (χ0) is 12.3. The number of aliphatic hydroxyl groups excluding tert-OH is 1. The molecule has 0 aliphatic carbocycles. The first-order valence-electron chi connectivity index (χ1n) is 5.31. The summed E-state index contributed by atoms with van der Waals surface area (Å²) in [6, 6.07) is 1.83. The number of methoxy groups -OCH3 is 1. The molecule has 0 atom stereocenters. The van der Waals surface area contributed by atoms with Gasteiger partial charge < -0.3 is 9.84 Å². The Bertz CT molecular complexity index is 408. The summed E-state index contributed by atoms with van der Waals surface area (Å²) >= 11 is 0. The van der Waals surface area contributed by atoms with Crippen molar-refractivity contribution in [3.63, 3.8) is 0 Å². The van der Waals surface area contributed by atoms with Crippen molar-refractivity contribution < 1.29 is 14.6 Å². The third-order valence-corrected chi connectivity index (χ3v) is 2.87. The molecule has 88 valence electrons. The lowest BCUT2D eigenvalue weighted by molar-refractivity contribution is 0.0956. The van der Waals surface area contributed by atoms with Crippen LogP contribution in [0, 0.1) is 20.8 Å². The normalized spacial score (nSPS) is 10.3. The van der Waals surface area contributed by atoms with E-state index in [2.05, 4.69) is 0 Å². The maximum Gasteiger partial charge on any atom is 0.165 e. The second-order valence-corrected chi connectivity index (χ2v) is 3.92. The van der Waals surface area contributed by atoms with Gasteiger partial charge in [0.2, 0.25) is 0 Å². The van der Waals surface area contributed by atoms with Crippen LogP contribution >= 0.6 is 0 Å². The summed E-state index contributed by atoms with van der Waals surface area (Å²) in [5, 5.41) is 8.78. The van der Waals surface area contributed by atoms with Gasteiger partial charge in [0, 0.05) is 12.0 Å². The van der Waals surface area contributed by atoms with Crippen LogP contribution in [-0.4, -0.2) is 24.6 Å². The summed E-state index contributed by atoms with van der Waals surface area (Å²) in [6.07, 6.45) is 0.173. The second-order valence-electron chi connectivity index (χ2n) is 3.92. The molecule has 0 radical (unpaired) electrons. The topological polar surface area (TPSA) is 46.5 Å². The second kappa shape index (κ2) is 5.12. The Kier molecular flexibility index (Phi) is 4.07. The minimum absolute atomic E-state index is 0.0196. The van der Waals surface area contributed by atoms with Gasteiger partial charge in [0.15, 0.2) is 5.78 Å². The summed E-state index contributed by atoms with van der Waals surface area (Å²) in [7, 11) is 1.63. The Morgan fingerprint density at radius 3 is 2.44 bits per heavy atom. The molecule has 0 amide bonds. The molecule has 0 fully saturated rings. The number of aliphatic hydroxyl groups is 1. The zero-order valence-corrected chi connectivity index (χ0v) is 10.3. The third-order valence-electron chi connectivity index (χ3n) is 2.87. The number of Topliss-reactive ketones (excluding diaryl/α,β-unsaturated/α-hetero) is 1. The fraction of sp³-hybridized carbons (Fsp3) is 0.462. The summed E-state index contributed by atoms with van der Waals surface area (Å²) in [5.74, 6) is 0.812. The van der Waals surface area contributed by atoms with Crippen molar-refractivity contribution in [1.29, 1.82) is 0 Å². The van der Waals surface area contributed by atoms with Crippen molar-refractivity contribution in [2.24, 2.45) is 0 Å². The highest BCUT2D eigenvalue weighted by Gasteiger charge is 2.15. The van der Waals surface area contributed by atoms with Gasteiger partial charge in [-0.15, -0.1) is 0 Å². The van der Waals surface area contributed by atoms with Crippen LogP contribution < -0.4 is 4.74 Å². The van der Waals surface area contributed by atoms with Crippen LogP contribution in [0.4, 0.5) is 0 Å². The van der Waals surface area contributed by atoms with Crippen LogP contribution in [0.3, 0.4) is 0 Å². The van der Waals surface area contributed by atoms with E-state index in [4.69, 9.17) is 9.84 Å². The fourth-order valence-electron chi connectivity index (χ4n) is 1.90. The van der Waals surface area contributed by atoms with Crippen LogP contribution in [0.5, 0.6) is 5.75 Å². The first-order valence-corrected chi connectivity index (χ1v) is 5.31. The molecule has 0 aromatic heterocycles. The molecule has 3 heteroatoms. The van der Waals surface area contributed by atoms with Gasteiger partial charge in [0.1, 0.15) is 5.75 Å². The highest BCUT2D eigenvalue weighted by molar-refractivity contribution is 5.98. The molecule has 0 unspecified atom stereocenters. The molecule has 0 aliphatic rings. The van der Waals surface area contributed by atoms with Crippen molar-refractivity contribution >= 4 is 5.78 Å². The standard InChI is InChI=1S/C13H18O3/c1-8-7-11(12(15)5-6-14)9(2)10(3)13(8)16-4/h7,14H,5-6H2,1-4H3. The van der Waals surface area contributed by atoms with Crippen LogP contribution in [0.15, 0.2) is 6.07 Å². The van der Waals surface area contributed by atoms with Crippen molar-refractivity contribution in [2.45, 2.75) is 27.2 Å². The van der Waals surface area contributed by atoms with Gasteiger partial charge in [0.25, 0.3) is 0 Å². The lowest BCUT2D eigenvalue weighted by atomic mass is 9.95. The molecule has 16 heavy (non-hydrogen) atoms. The number of rotatable bonds is 4. The van der Waals surface area contributed by atoms with Crippen molar-refractivity contribution in [2.75, 3.05) is 13.7 Å². The largest absolute Gasteiger partial charge is 0.496 e. The van der Waals surface area contributed by atoms with Crippen molar-refractivity contribution in [3.8, 4) is 5.75 Å². The average molecular weight is 222 g/mol.